The van der Waals surface area contributed by atoms with Crippen molar-refractivity contribution in [3.8, 4) is 0 Å². The van der Waals surface area contributed by atoms with Crippen LogP contribution >= 0.6 is 11.3 Å². The number of nitrogens with zero attached hydrogens (tertiary/aromatic N) is 4. The zero-order chi connectivity index (χ0) is 24.6. The summed E-state index contributed by atoms with van der Waals surface area (Å²) >= 11 is 1.70. The number of thiazole rings is 1. The lowest BCUT2D eigenvalue weighted by molar-refractivity contribution is 0.0746. The van der Waals surface area contributed by atoms with Crippen LogP contribution in [0.15, 0.2) is 41.3 Å². The van der Waals surface area contributed by atoms with Crippen molar-refractivity contribution >= 4 is 42.6 Å². The molecular weight excluding hydrogens is 480 g/mol. The number of piperazine rings is 1. The molecule has 1 aromatic heterocycles. The maximum absolute atomic E-state index is 13.1. The van der Waals surface area contributed by atoms with Crippen molar-refractivity contribution < 1.29 is 13.2 Å². The highest BCUT2D eigenvalue weighted by Gasteiger charge is 2.27. The summed E-state index contributed by atoms with van der Waals surface area (Å²) in [6, 6.07) is 10.8. The fourth-order valence-electron chi connectivity index (χ4n) is 4.79. The molecule has 2 aromatic carbocycles. The third-order valence-corrected chi connectivity index (χ3v) is 10.1. The van der Waals surface area contributed by atoms with E-state index in [1.807, 2.05) is 4.90 Å². The van der Waals surface area contributed by atoms with E-state index in [1.54, 1.807) is 39.9 Å². The van der Waals surface area contributed by atoms with Gasteiger partial charge in [0.15, 0.2) is 5.13 Å². The second-order valence-electron chi connectivity index (χ2n) is 9.52. The number of hydrogen-bond acceptors (Lipinski definition) is 6. The second-order valence-corrected chi connectivity index (χ2v) is 12.5. The molecule has 0 atom stereocenters. The van der Waals surface area contributed by atoms with Gasteiger partial charge in [0.05, 0.1) is 15.1 Å². The third-order valence-electron chi connectivity index (χ3n) is 7.13. The molecule has 3 aromatic rings. The van der Waals surface area contributed by atoms with Crippen LogP contribution in [0.2, 0.25) is 0 Å². The van der Waals surface area contributed by atoms with E-state index < -0.39 is 10.0 Å². The molecule has 9 heteroatoms. The van der Waals surface area contributed by atoms with Crippen LogP contribution in [0.4, 0.5) is 5.13 Å². The van der Waals surface area contributed by atoms with Gasteiger partial charge in [0.2, 0.25) is 10.0 Å². The number of rotatable bonds is 4. The van der Waals surface area contributed by atoms with E-state index in [-0.39, 0.29) is 10.8 Å². The number of amides is 1. The highest BCUT2D eigenvalue weighted by Crippen LogP contribution is 2.31. The first-order valence-electron chi connectivity index (χ1n) is 12.4. The molecule has 35 heavy (non-hydrogen) atoms. The number of benzene rings is 2. The Balaban J connectivity index is 1.23. The summed E-state index contributed by atoms with van der Waals surface area (Å²) in [4.78, 5) is 22.3. The molecule has 0 radical (unpaired) electrons. The Labute approximate surface area is 211 Å². The van der Waals surface area contributed by atoms with Crippen LogP contribution in [0.1, 0.15) is 47.2 Å². The van der Waals surface area contributed by atoms with E-state index in [0.29, 0.717) is 31.7 Å². The molecule has 7 nitrogen and oxygen atoms in total. The topological polar surface area (TPSA) is 73.8 Å². The van der Waals surface area contributed by atoms with Crippen molar-refractivity contribution in [1.82, 2.24) is 14.2 Å². The number of anilines is 1. The van der Waals surface area contributed by atoms with Crippen LogP contribution in [0.25, 0.3) is 10.2 Å². The number of hydrogen-bond donors (Lipinski definition) is 0. The summed E-state index contributed by atoms with van der Waals surface area (Å²) in [5.74, 6) is -0.0566. The Hall–Kier alpha value is -2.49. The Morgan fingerprint density at radius 2 is 1.49 bits per heavy atom. The number of sulfonamides is 1. The fraction of sp³-hybridized carbons (Fsp3) is 0.462. The van der Waals surface area contributed by atoms with Crippen molar-refractivity contribution in [2.45, 2.75) is 44.4 Å². The van der Waals surface area contributed by atoms with E-state index in [2.05, 4.69) is 30.9 Å². The van der Waals surface area contributed by atoms with Crippen molar-refractivity contribution in [2.75, 3.05) is 44.2 Å². The number of aryl methyl sites for hydroxylation is 2. The first-order valence-corrected chi connectivity index (χ1v) is 14.6. The van der Waals surface area contributed by atoms with Crippen molar-refractivity contribution in [1.29, 1.82) is 0 Å². The average molecular weight is 513 g/mol. The second kappa shape index (κ2) is 9.87. The average Bonchev–Trinajstić information content (AvgIpc) is 3.07. The zero-order valence-corrected chi connectivity index (χ0v) is 22.0. The standard InChI is InChI=1S/C26H32N4O3S2/c1-19-17-23-24(18-20(19)2)34-26(27-23)29-15-13-28(14-16-29)25(31)21-7-9-22(10-8-21)35(32,33)30-11-5-3-4-6-12-30/h7-10,17-18H,3-6,11-16H2,1-2H3. The van der Waals surface area contributed by atoms with E-state index in [0.717, 1.165) is 49.4 Å². The van der Waals surface area contributed by atoms with E-state index in [9.17, 15) is 13.2 Å². The Bertz CT molecular complexity index is 1280. The highest BCUT2D eigenvalue weighted by atomic mass is 32.2. The quantitative estimate of drug-likeness (QED) is 0.517. The van der Waals surface area contributed by atoms with E-state index in [4.69, 9.17) is 4.98 Å². The molecule has 2 saturated heterocycles. The minimum absolute atomic E-state index is 0.0566. The summed E-state index contributed by atoms with van der Waals surface area (Å²) in [7, 11) is -3.51. The molecule has 0 unspecified atom stereocenters. The lowest BCUT2D eigenvalue weighted by atomic mass is 10.1. The lowest BCUT2D eigenvalue weighted by Crippen LogP contribution is -2.48. The maximum atomic E-state index is 13.1. The molecular formula is C26H32N4O3S2. The molecule has 2 aliphatic heterocycles. The molecule has 186 valence electrons. The fourth-order valence-corrected chi connectivity index (χ4v) is 7.40. The molecule has 2 fully saturated rings. The summed E-state index contributed by atoms with van der Waals surface area (Å²) in [5, 5.41) is 1.00. The number of carbonyl (C=O) groups is 1. The molecule has 0 aliphatic carbocycles. The maximum Gasteiger partial charge on any atom is 0.253 e. The first kappa shape index (κ1) is 24.2. The molecule has 3 heterocycles. The van der Waals surface area contributed by atoms with Crippen LogP contribution in [-0.4, -0.2) is 67.8 Å². The zero-order valence-electron chi connectivity index (χ0n) is 20.4. The predicted octanol–water partition coefficient (Wildman–Crippen LogP) is 4.44. The molecule has 0 bridgehead atoms. The van der Waals surface area contributed by atoms with Crippen LogP contribution in [0, 0.1) is 13.8 Å². The van der Waals surface area contributed by atoms with Gasteiger partial charge < -0.3 is 9.80 Å². The van der Waals surface area contributed by atoms with Gasteiger partial charge >= 0.3 is 0 Å². The molecule has 0 N–H and O–H groups in total. The SMILES string of the molecule is Cc1cc2nc(N3CCN(C(=O)c4ccc(S(=O)(=O)N5CCCCCC5)cc4)CC3)sc2cc1C. The van der Waals surface area contributed by atoms with Crippen molar-refractivity contribution in [3.05, 3.63) is 53.1 Å². The monoisotopic (exact) mass is 512 g/mol. The number of aromatic nitrogens is 1. The summed E-state index contributed by atoms with van der Waals surface area (Å²) < 4.78 is 28.8. The van der Waals surface area contributed by atoms with Gasteiger partial charge in [-0.3, -0.25) is 4.79 Å². The molecule has 0 spiro atoms. The van der Waals surface area contributed by atoms with Gasteiger partial charge in [-0.05, 0) is 74.2 Å². The highest BCUT2D eigenvalue weighted by molar-refractivity contribution is 7.89. The van der Waals surface area contributed by atoms with Gasteiger partial charge in [-0.15, -0.1) is 0 Å². The number of fused-ring (bicyclic) bond motifs is 1. The Morgan fingerprint density at radius 1 is 0.857 bits per heavy atom. The summed E-state index contributed by atoms with van der Waals surface area (Å²) in [5.41, 5.74) is 4.07. The van der Waals surface area contributed by atoms with E-state index in [1.165, 1.54) is 15.8 Å². The van der Waals surface area contributed by atoms with Gasteiger partial charge in [0.1, 0.15) is 0 Å². The van der Waals surface area contributed by atoms with Gasteiger partial charge in [-0.25, -0.2) is 13.4 Å². The van der Waals surface area contributed by atoms with Gasteiger partial charge in [-0.2, -0.15) is 4.31 Å². The summed E-state index contributed by atoms with van der Waals surface area (Å²) in [6.07, 6.45) is 3.95. The minimum Gasteiger partial charge on any atom is -0.345 e. The van der Waals surface area contributed by atoms with Crippen LogP contribution in [-0.2, 0) is 10.0 Å². The van der Waals surface area contributed by atoms with Gasteiger partial charge in [0.25, 0.3) is 5.91 Å². The predicted molar refractivity (Wildman–Crippen MR) is 141 cm³/mol. The molecule has 5 rings (SSSR count). The normalized spacial score (nSPS) is 18.1. The van der Waals surface area contributed by atoms with Gasteiger partial charge in [-0.1, -0.05) is 24.2 Å². The summed E-state index contributed by atoms with van der Waals surface area (Å²) in [6.45, 7) is 8.05. The number of carbonyl (C=O) groups excluding carboxylic acids is 1. The van der Waals surface area contributed by atoms with Crippen molar-refractivity contribution in [3.63, 3.8) is 0 Å². The minimum atomic E-state index is -3.51. The lowest BCUT2D eigenvalue weighted by Gasteiger charge is -2.34. The van der Waals surface area contributed by atoms with Crippen LogP contribution in [0.5, 0.6) is 0 Å². The van der Waals surface area contributed by atoms with E-state index >= 15 is 0 Å². The first-order chi connectivity index (χ1) is 16.8. The van der Waals surface area contributed by atoms with Crippen LogP contribution < -0.4 is 4.90 Å². The van der Waals surface area contributed by atoms with Crippen molar-refractivity contribution in [2.24, 2.45) is 0 Å². The Morgan fingerprint density at radius 3 is 2.14 bits per heavy atom. The molecule has 2 aliphatic rings. The van der Waals surface area contributed by atoms with Crippen LogP contribution in [0.3, 0.4) is 0 Å². The molecule has 0 saturated carbocycles. The van der Waals surface area contributed by atoms with Gasteiger partial charge in [0, 0.05) is 44.8 Å². The molecule has 1 amide bonds. The largest absolute Gasteiger partial charge is 0.345 e. The smallest absolute Gasteiger partial charge is 0.253 e. The third kappa shape index (κ3) is 4.94. The Kier molecular flexibility index (Phi) is 6.83.